The highest BCUT2D eigenvalue weighted by Crippen LogP contribution is 2.29. The average molecular weight is 307 g/mol. The Kier molecular flexibility index (Phi) is 3.35. The van der Waals surface area contributed by atoms with Crippen molar-refractivity contribution in [3.05, 3.63) is 66.0 Å². The highest BCUT2D eigenvalue weighted by atomic mass is 16.7. The van der Waals surface area contributed by atoms with E-state index in [1.807, 2.05) is 43.4 Å². The lowest BCUT2D eigenvalue weighted by molar-refractivity contribution is -0.159. The van der Waals surface area contributed by atoms with Gasteiger partial charge in [-0.15, -0.1) is 5.06 Å². The second-order valence-electron chi connectivity index (χ2n) is 5.81. The highest BCUT2D eigenvalue weighted by molar-refractivity contribution is 5.89. The van der Waals surface area contributed by atoms with E-state index in [2.05, 4.69) is 10.6 Å². The van der Waals surface area contributed by atoms with Crippen LogP contribution in [0.3, 0.4) is 0 Å². The van der Waals surface area contributed by atoms with Crippen LogP contribution in [0.2, 0.25) is 0 Å². The van der Waals surface area contributed by atoms with E-state index >= 15 is 0 Å². The van der Waals surface area contributed by atoms with Gasteiger partial charge >= 0.3 is 5.97 Å². The first kappa shape index (κ1) is 14.0. The van der Waals surface area contributed by atoms with Crippen molar-refractivity contribution in [1.82, 2.24) is 14.6 Å². The second-order valence-corrected chi connectivity index (χ2v) is 5.81. The molecule has 0 amide bonds. The van der Waals surface area contributed by atoms with Gasteiger partial charge in [-0.1, -0.05) is 30.3 Å². The topological polar surface area (TPSA) is 47.4 Å². The first-order valence-corrected chi connectivity index (χ1v) is 7.66. The van der Waals surface area contributed by atoms with Crippen LogP contribution in [0.1, 0.15) is 22.1 Å². The van der Waals surface area contributed by atoms with Gasteiger partial charge in [0.2, 0.25) is 0 Å². The van der Waals surface area contributed by atoms with Crippen molar-refractivity contribution in [2.24, 2.45) is 7.05 Å². The van der Waals surface area contributed by atoms with Crippen LogP contribution in [-0.4, -0.2) is 33.7 Å². The third-order valence-electron chi connectivity index (χ3n) is 4.26. The maximum Gasteiger partial charge on any atom is 0.357 e. The number of carbonyl (C=O) groups excluding carboxylic acids is 1. The minimum atomic E-state index is -0.311. The van der Waals surface area contributed by atoms with Crippen LogP contribution in [-0.2, 0) is 11.9 Å². The Bertz CT molecular complexity index is 851. The summed E-state index contributed by atoms with van der Waals surface area (Å²) in [4.78, 5) is 22.1. The number of hydroxylamine groups is 2. The largest absolute Gasteiger partial charge is 0.364 e. The predicted octanol–water partition coefficient (Wildman–Crippen LogP) is 2.74. The number of hydrogen-bond donors (Lipinski definition) is 0. The Hall–Kier alpha value is -2.66. The Morgan fingerprint density at radius 3 is 2.52 bits per heavy atom. The summed E-state index contributed by atoms with van der Waals surface area (Å²) < 4.78 is 2.12. The first-order valence-electron chi connectivity index (χ1n) is 7.66. The fraction of sp³-hybridized carbons (Fsp3) is 0.222. The molecule has 4 rings (SSSR count). The van der Waals surface area contributed by atoms with Gasteiger partial charge in [-0.2, -0.15) is 0 Å². The van der Waals surface area contributed by atoms with E-state index in [9.17, 15) is 4.79 Å². The van der Waals surface area contributed by atoms with E-state index in [1.165, 1.54) is 0 Å². The summed E-state index contributed by atoms with van der Waals surface area (Å²) in [6.45, 7) is 1.35. The van der Waals surface area contributed by atoms with Crippen molar-refractivity contribution in [2.75, 3.05) is 13.1 Å². The molecule has 1 fully saturated rings. The number of aryl methyl sites for hydroxylation is 1. The predicted molar refractivity (Wildman–Crippen MR) is 86.9 cm³/mol. The molecule has 0 saturated carbocycles. The second kappa shape index (κ2) is 5.52. The molecule has 2 aromatic carbocycles. The van der Waals surface area contributed by atoms with E-state index in [-0.39, 0.29) is 11.9 Å². The number of nitrogens with zero attached hydrogens (tertiary/aromatic N) is 3. The average Bonchev–Trinajstić information content (AvgIpc) is 2.88. The molecule has 0 aliphatic carbocycles. The Labute approximate surface area is 134 Å². The van der Waals surface area contributed by atoms with Gasteiger partial charge in [-0.25, -0.2) is 9.78 Å². The van der Waals surface area contributed by atoms with E-state index in [4.69, 9.17) is 9.82 Å². The Balaban J connectivity index is 1.43. The zero-order chi connectivity index (χ0) is 15.8. The van der Waals surface area contributed by atoms with Gasteiger partial charge in [-0.05, 0) is 24.3 Å². The van der Waals surface area contributed by atoms with Gasteiger partial charge in [0.25, 0.3) is 0 Å². The van der Waals surface area contributed by atoms with Crippen LogP contribution in [0.4, 0.5) is 0 Å². The lowest BCUT2D eigenvalue weighted by atomic mass is 10.0. The molecule has 0 atom stereocenters. The van der Waals surface area contributed by atoms with Gasteiger partial charge in [0.1, 0.15) is 5.82 Å². The van der Waals surface area contributed by atoms with Crippen LogP contribution in [0, 0.1) is 0 Å². The van der Waals surface area contributed by atoms with E-state index in [0.29, 0.717) is 18.7 Å². The van der Waals surface area contributed by atoms with Gasteiger partial charge < -0.3 is 9.40 Å². The molecule has 1 aromatic heterocycles. The first-order chi connectivity index (χ1) is 11.2. The molecule has 5 nitrogen and oxygen atoms in total. The summed E-state index contributed by atoms with van der Waals surface area (Å²) in [6.07, 6.45) is 0. The summed E-state index contributed by atoms with van der Waals surface area (Å²) >= 11 is 0. The molecule has 23 heavy (non-hydrogen) atoms. The fourth-order valence-corrected chi connectivity index (χ4v) is 2.95. The van der Waals surface area contributed by atoms with E-state index in [0.717, 1.165) is 16.9 Å². The molecule has 1 aliphatic rings. The lowest BCUT2D eigenvalue weighted by Crippen LogP contribution is -2.46. The van der Waals surface area contributed by atoms with Crippen molar-refractivity contribution in [1.29, 1.82) is 0 Å². The van der Waals surface area contributed by atoms with Crippen molar-refractivity contribution in [2.45, 2.75) is 5.92 Å². The molecule has 116 valence electrons. The molecule has 0 spiro atoms. The van der Waals surface area contributed by atoms with Gasteiger partial charge in [-0.3, -0.25) is 0 Å². The monoisotopic (exact) mass is 307 g/mol. The summed E-state index contributed by atoms with van der Waals surface area (Å²) in [5.41, 5.74) is 2.70. The SMILES string of the molecule is Cn1c(C2CN(OC(=O)c3ccccc3)C2)nc2ccccc21. The molecule has 1 saturated heterocycles. The van der Waals surface area contributed by atoms with Crippen LogP contribution in [0.15, 0.2) is 54.6 Å². The third kappa shape index (κ3) is 2.49. The zero-order valence-corrected chi connectivity index (χ0v) is 12.8. The molecule has 3 aromatic rings. The molecule has 0 N–H and O–H groups in total. The number of hydrogen-bond acceptors (Lipinski definition) is 4. The molecule has 0 unspecified atom stereocenters. The summed E-state index contributed by atoms with van der Waals surface area (Å²) in [6, 6.07) is 17.1. The lowest BCUT2D eigenvalue weighted by Gasteiger charge is -2.36. The van der Waals surface area contributed by atoms with Gasteiger partial charge in [0.15, 0.2) is 0 Å². The number of rotatable bonds is 3. The van der Waals surface area contributed by atoms with E-state index in [1.54, 1.807) is 17.2 Å². The number of fused-ring (bicyclic) bond motifs is 1. The molecule has 0 bridgehead atoms. The molecular weight excluding hydrogens is 290 g/mol. The number of para-hydroxylation sites is 2. The summed E-state index contributed by atoms with van der Waals surface area (Å²) in [7, 11) is 2.03. The van der Waals surface area contributed by atoms with E-state index < -0.39 is 0 Å². The quantitative estimate of drug-likeness (QED) is 0.746. The summed E-state index contributed by atoms with van der Waals surface area (Å²) in [5, 5.41) is 1.69. The van der Waals surface area contributed by atoms with Crippen molar-refractivity contribution in [3.8, 4) is 0 Å². The third-order valence-corrected chi connectivity index (χ3v) is 4.26. The highest BCUT2D eigenvalue weighted by Gasteiger charge is 2.34. The molecule has 5 heteroatoms. The maximum atomic E-state index is 12.0. The minimum Gasteiger partial charge on any atom is -0.364 e. The van der Waals surface area contributed by atoms with Crippen molar-refractivity contribution >= 4 is 17.0 Å². The molecule has 1 aliphatic heterocycles. The molecular formula is C18H17N3O2. The minimum absolute atomic E-state index is 0.288. The number of benzene rings is 2. The normalized spacial score (nSPS) is 15.5. The van der Waals surface area contributed by atoms with Crippen molar-refractivity contribution < 1.29 is 9.63 Å². The van der Waals surface area contributed by atoms with Gasteiger partial charge in [0.05, 0.1) is 16.6 Å². The Morgan fingerprint density at radius 2 is 1.78 bits per heavy atom. The number of carbonyl (C=O) groups is 1. The van der Waals surface area contributed by atoms with Gasteiger partial charge in [0, 0.05) is 26.1 Å². The zero-order valence-electron chi connectivity index (χ0n) is 12.8. The summed E-state index contributed by atoms with van der Waals surface area (Å²) in [5.74, 6) is 1.02. The number of aromatic nitrogens is 2. The number of imidazole rings is 1. The standard InChI is InChI=1S/C18H17N3O2/c1-20-16-10-6-5-9-15(16)19-17(20)14-11-21(12-14)23-18(22)13-7-3-2-4-8-13/h2-10,14H,11-12H2,1H3. The maximum absolute atomic E-state index is 12.0. The smallest absolute Gasteiger partial charge is 0.357 e. The van der Waals surface area contributed by atoms with Crippen LogP contribution < -0.4 is 0 Å². The van der Waals surface area contributed by atoms with Crippen molar-refractivity contribution in [3.63, 3.8) is 0 Å². The Morgan fingerprint density at radius 1 is 1.09 bits per heavy atom. The van der Waals surface area contributed by atoms with Crippen LogP contribution in [0.5, 0.6) is 0 Å². The molecule has 2 heterocycles. The van der Waals surface area contributed by atoms with Crippen LogP contribution >= 0.6 is 0 Å². The fourth-order valence-electron chi connectivity index (χ4n) is 2.95. The van der Waals surface area contributed by atoms with Crippen LogP contribution in [0.25, 0.3) is 11.0 Å². The molecule has 0 radical (unpaired) electrons.